The quantitative estimate of drug-likeness (QED) is 0.150. The molecule has 0 bridgehead atoms. The minimum absolute atomic E-state index is 0.675. The molecule has 6 nitrogen and oxygen atoms in total. The molecule has 0 atom stereocenters. The van der Waals surface area contributed by atoms with Gasteiger partial charge in [-0.1, -0.05) is 182 Å². The second-order valence-corrected chi connectivity index (χ2v) is 16.7. The molecule has 0 aliphatic rings. The first kappa shape index (κ1) is 37.5. The van der Waals surface area contributed by atoms with Crippen molar-refractivity contribution in [1.29, 1.82) is 0 Å². The summed E-state index contributed by atoms with van der Waals surface area (Å²) < 4.78 is 4.49. The Balaban J connectivity index is 0.947. The van der Waals surface area contributed by atoms with Gasteiger partial charge in [-0.3, -0.25) is 0 Å². The zero-order valence-corrected chi connectivity index (χ0v) is 35.6. The fraction of sp³-hybridized carbons (Fsp3) is 0. The maximum Gasteiger partial charge on any atom is 0.160 e. The van der Waals surface area contributed by atoms with Gasteiger partial charge in [0.25, 0.3) is 0 Å². The van der Waals surface area contributed by atoms with Crippen LogP contribution in [0.15, 0.2) is 231 Å². The van der Waals surface area contributed by atoms with Crippen LogP contribution in [0.1, 0.15) is 0 Å². The van der Waals surface area contributed by atoms with E-state index in [0.29, 0.717) is 5.82 Å². The summed E-state index contributed by atoms with van der Waals surface area (Å²) in [6.07, 6.45) is 4.22. The molecule has 0 N–H and O–H groups in total. The number of nitrogens with zero attached hydrogens (tertiary/aromatic N) is 6. The zero-order chi connectivity index (χ0) is 43.6. The van der Waals surface area contributed by atoms with E-state index in [9.17, 15) is 0 Å². The Labute approximate surface area is 380 Å². The predicted molar refractivity (Wildman–Crippen MR) is 271 cm³/mol. The van der Waals surface area contributed by atoms with Crippen molar-refractivity contribution in [2.24, 2.45) is 0 Å². The molecule has 0 saturated heterocycles. The summed E-state index contributed by atoms with van der Waals surface area (Å²) in [7, 11) is 0. The number of fused-ring (bicyclic) bond motifs is 8. The highest BCUT2D eigenvalue weighted by molar-refractivity contribution is 6.19. The highest BCUT2D eigenvalue weighted by Crippen LogP contribution is 2.40. The average Bonchev–Trinajstić information content (AvgIpc) is 3.99. The van der Waals surface area contributed by atoms with Gasteiger partial charge in [0.1, 0.15) is 5.65 Å². The van der Waals surface area contributed by atoms with Crippen LogP contribution in [0, 0.1) is 0 Å². The Bertz CT molecular complexity index is 3910. The molecule has 0 aliphatic carbocycles. The van der Waals surface area contributed by atoms with Gasteiger partial charge in [-0.25, -0.2) is 19.9 Å². The van der Waals surface area contributed by atoms with Gasteiger partial charge in [-0.15, -0.1) is 0 Å². The first-order chi connectivity index (χ1) is 32.7. The molecule has 13 aromatic rings. The van der Waals surface area contributed by atoms with Crippen molar-refractivity contribution in [2.75, 3.05) is 0 Å². The Morgan fingerprint density at radius 1 is 0.348 bits per heavy atom. The Kier molecular flexibility index (Phi) is 8.74. The summed E-state index contributed by atoms with van der Waals surface area (Å²) in [6, 6.07) is 76.5. The number of para-hydroxylation sites is 3. The van der Waals surface area contributed by atoms with Crippen molar-refractivity contribution < 1.29 is 0 Å². The monoisotopic (exact) mass is 842 g/mol. The minimum atomic E-state index is 0.675. The van der Waals surface area contributed by atoms with E-state index in [0.717, 1.165) is 94.7 Å². The minimum Gasteiger partial charge on any atom is -0.309 e. The first-order valence-corrected chi connectivity index (χ1v) is 22.2. The molecule has 66 heavy (non-hydrogen) atoms. The molecule has 308 valence electrons. The summed E-state index contributed by atoms with van der Waals surface area (Å²) in [5.41, 5.74) is 16.0. The lowest BCUT2D eigenvalue weighted by Gasteiger charge is -2.14. The highest BCUT2D eigenvalue weighted by atomic mass is 15.0. The van der Waals surface area contributed by atoms with Gasteiger partial charge >= 0.3 is 0 Å². The van der Waals surface area contributed by atoms with Gasteiger partial charge in [0.2, 0.25) is 0 Å². The Morgan fingerprint density at radius 3 is 1.62 bits per heavy atom. The van der Waals surface area contributed by atoms with E-state index < -0.39 is 0 Å². The molecule has 0 aliphatic heterocycles. The molecule has 0 saturated carbocycles. The number of aromatic nitrogens is 6. The van der Waals surface area contributed by atoms with E-state index in [1.807, 2.05) is 30.3 Å². The zero-order valence-electron chi connectivity index (χ0n) is 35.6. The highest BCUT2D eigenvalue weighted by Gasteiger charge is 2.19. The number of benzene rings is 8. The third kappa shape index (κ3) is 6.26. The van der Waals surface area contributed by atoms with Crippen molar-refractivity contribution in [3.63, 3.8) is 0 Å². The molecule has 5 heterocycles. The van der Waals surface area contributed by atoms with E-state index >= 15 is 0 Å². The number of hydrogen-bond acceptors (Lipinski definition) is 4. The van der Waals surface area contributed by atoms with Gasteiger partial charge in [0, 0.05) is 78.4 Å². The topological polar surface area (TPSA) is 60.9 Å². The Morgan fingerprint density at radius 2 is 0.909 bits per heavy atom. The van der Waals surface area contributed by atoms with Crippen LogP contribution in [0.25, 0.3) is 122 Å². The predicted octanol–water partition coefficient (Wildman–Crippen LogP) is 14.9. The second-order valence-electron chi connectivity index (χ2n) is 16.7. The first-order valence-electron chi connectivity index (χ1n) is 22.2. The molecule has 0 spiro atoms. The largest absolute Gasteiger partial charge is 0.309 e. The number of hydrogen-bond donors (Lipinski definition) is 0. The molecule has 6 heteroatoms. The average molecular weight is 843 g/mol. The fourth-order valence-electron chi connectivity index (χ4n) is 9.63. The van der Waals surface area contributed by atoms with Crippen LogP contribution < -0.4 is 0 Å². The van der Waals surface area contributed by atoms with E-state index in [4.69, 9.17) is 19.9 Å². The molecule has 8 aromatic carbocycles. The summed E-state index contributed by atoms with van der Waals surface area (Å²) in [6.45, 7) is 0. The number of imidazole rings is 1. The van der Waals surface area contributed by atoms with Crippen molar-refractivity contribution in [3.8, 4) is 73.2 Å². The molecule has 5 aromatic heterocycles. The van der Waals surface area contributed by atoms with Crippen LogP contribution in [-0.4, -0.2) is 28.9 Å². The molecular weight excluding hydrogens is 805 g/mol. The van der Waals surface area contributed by atoms with Gasteiger partial charge in [0.05, 0.1) is 39.3 Å². The lowest BCUT2D eigenvalue weighted by atomic mass is 9.95. The van der Waals surface area contributed by atoms with Crippen LogP contribution in [0.5, 0.6) is 0 Å². The van der Waals surface area contributed by atoms with Crippen molar-refractivity contribution >= 4 is 49.1 Å². The summed E-state index contributed by atoms with van der Waals surface area (Å²) in [4.78, 5) is 21.2. The molecule has 0 unspecified atom stereocenters. The molecule has 13 rings (SSSR count). The van der Waals surface area contributed by atoms with Crippen molar-refractivity contribution in [2.45, 2.75) is 0 Å². The normalized spacial score (nSPS) is 11.6. The van der Waals surface area contributed by atoms with Crippen LogP contribution >= 0.6 is 0 Å². The SMILES string of the molecule is c1ccc(-c2cn3ccc4c(-c5ccccc5)nc5c(-c6ccc(-c7cc(-c8cccc(-n9c%10ccccc%10c%10ccccc%109)c8)nc(-c8ccccc8)n7)cc6)cccc5c4c3n2)cc1. The number of pyridine rings is 2. The van der Waals surface area contributed by atoms with Crippen LogP contribution in [0.3, 0.4) is 0 Å². The van der Waals surface area contributed by atoms with E-state index in [1.54, 1.807) is 0 Å². The fourth-order valence-corrected chi connectivity index (χ4v) is 9.63. The van der Waals surface area contributed by atoms with Crippen molar-refractivity contribution in [3.05, 3.63) is 231 Å². The van der Waals surface area contributed by atoms with Gasteiger partial charge in [-0.2, -0.15) is 0 Å². The van der Waals surface area contributed by atoms with E-state index in [-0.39, 0.29) is 0 Å². The third-order valence-corrected chi connectivity index (χ3v) is 12.8. The lowest BCUT2D eigenvalue weighted by Crippen LogP contribution is -1.98. The standard InChI is InChI=1S/C60H38N6/c1-4-16-40(17-5-1)53-38-65-35-34-50-56(60(65)63-53)49-27-15-26-46(58(49)64-57(50)42-18-6-2-7-19-42)39-30-32-41(33-31-39)51-37-52(62-59(61-51)43-20-8-3-9-21-43)44-22-14-23-45(36-44)66-54-28-12-10-24-47(54)48-25-11-13-29-55(48)66/h1-38H. The summed E-state index contributed by atoms with van der Waals surface area (Å²) in [5, 5.41) is 5.65. The van der Waals surface area contributed by atoms with Crippen LogP contribution in [0.2, 0.25) is 0 Å². The van der Waals surface area contributed by atoms with E-state index in [1.165, 1.54) is 21.8 Å². The van der Waals surface area contributed by atoms with Crippen molar-refractivity contribution in [1.82, 2.24) is 28.9 Å². The van der Waals surface area contributed by atoms with Crippen LogP contribution in [0.4, 0.5) is 0 Å². The summed E-state index contributed by atoms with van der Waals surface area (Å²) >= 11 is 0. The Hall–Kier alpha value is -9.00. The molecule has 0 radical (unpaired) electrons. The summed E-state index contributed by atoms with van der Waals surface area (Å²) in [5.74, 6) is 0.675. The van der Waals surface area contributed by atoms with E-state index in [2.05, 4.69) is 209 Å². The lowest BCUT2D eigenvalue weighted by molar-refractivity contribution is 1.16. The third-order valence-electron chi connectivity index (χ3n) is 12.8. The van der Waals surface area contributed by atoms with Gasteiger partial charge < -0.3 is 8.97 Å². The molecule has 0 amide bonds. The van der Waals surface area contributed by atoms with Gasteiger partial charge in [-0.05, 0) is 42.0 Å². The second kappa shape index (κ2) is 15.4. The maximum absolute atomic E-state index is 5.49. The smallest absolute Gasteiger partial charge is 0.160 e. The molecular formula is C60H38N6. The number of rotatable bonds is 7. The van der Waals surface area contributed by atoms with Gasteiger partial charge in [0.15, 0.2) is 5.82 Å². The molecule has 0 fully saturated rings. The maximum atomic E-state index is 5.49. The van der Waals surface area contributed by atoms with Crippen LogP contribution in [-0.2, 0) is 0 Å².